The number of nitrogens with one attached hydrogen (secondary N) is 3. The third-order valence-electron chi connectivity index (χ3n) is 2.76. The fraction of sp³-hybridized carbons (Fsp3) is 0.467. The van der Waals surface area contributed by atoms with Gasteiger partial charge in [-0.1, -0.05) is 36.2 Å². The maximum atomic E-state index is 11.6. The minimum Gasteiger partial charge on any atom is -0.357 e. The topological polar surface area (TPSA) is 65.5 Å². The normalized spacial score (nSPS) is 10.7. The molecule has 8 heteroatoms. The van der Waals surface area contributed by atoms with Crippen molar-refractivity contribution in [1.29, 1.82) is 0 Å². The second-order valence-corrected chi connectivity index (χ2v) is 5.48. The van der Waals surface area contributed by atoms with E-state index in [2.05, 4.69) is 20.9 Å². The Labute approximate surface area is 164 Å². The predicted octanol–water partition coefficient (Wildman–Crippen LogP) is 3.19. The molecule has 5 nitrogen and oxygen atoms in total. The molecule has 1 aromatic carbocycles. The number of carbonyl (C=O) groups is 1. The average Bonchev–Trinajstić information content (AvgIpc) is 2.49. The number of hydrogen-bond donors (Lipinski definition) is 3. The number of benzene rings is 1. The van der Waals surface area contributed by atoms with E-state index in [-0.39, 0.29) is 36.4 Å². The molecular weight excluding hydrogens is 450 g/mol. The van der Waals surface area contributed by atoms with Crippen molar-refractivity contribution in [2.24, 2.45) is 4.99 Å². The lowest BCUT2D eigenvalue weighted by molar-refractivity contribution is -0.120. The van der Waals surface area contributed by atoms with Crippen molar-refractivity contribution in [1.82, 2.24) is 16.0 Å². The van der Waals surface area contributed by atoms with E-state index in [4.69, 9.17) is 23.2 Å². The van der Waals surface area contributed by atoms with Crippen LogP contribution in [0.3, 0.4) is 0 Å². The molecule has 1 rings (SSSR count). The van der Waals surface area contributed by atoms with E-state index in [0.717, 1.165) is 12.0 Å². The third-order valence-corrected chi connectivity index (χ3v) is 3.34. The molecule has 0 aliphatic carbocycles. The standard InChI is InChI=1S/C15H22Cl2N4O.HI/c1-3-7-19-14(22)10-21-15(18-4-2)20-9-11-5-6-12(16)8-13(11)17;/h5-6,8H,3-4,7,9-10H2,1-2H3,(H,19,22)(H2,18,20,21);1H. The predicted molar refractivity (Wildman–Crippen MR) is 108 cm³/mol. The highest BCUT2D eigenvalue weighted by Gasteiger charge is 2.04. The van der Waals surface area contributed by atoms with Gasteiger partial charge in [0.25, 0.3) is 0 Å². The molecule has 0 aromatic heterocycles. The van der Waals surface area contributed by atoms with Crippen molar-refractivity contribution >= 4 is 59.0 Å². The summed E-state index contributed by atoms with van der Waals surface area (Å²) in [6.45, 7) is 5.94. The van der Waals surface area contributed by atoms with Crippen molar-refractivity contribution < 1.29 is 4.79 Å². The van der Waals surface area contributed by atoms with Gasteiger partial charge in [-0.25, -0.2) is 4.99 Å². The summed E-state index contributed by atoms with van der Waals surface area (Å²) in [4.78, 5) is 16.0. The molecule has 0 aliphatic heterocycles. The number of aliphatic imine (C=N–C) groups is 1. The quantitative estimate of drug-likeness (QED) is 0.324. The first-order valence-electron chi connectivity index (χ1n) is 7.29. The molecule has 1 aromatic rings. The summed E-state index contributed by atoms with van der Waals surface area (Å²) in [5.41, 5.74) is 0.874. The second-order valence-electron chi connectivity index (χ2n) is 4.63. The highest BCUT2D eigenvalue weighted by molar-refractivity contribution is 14.0. The average molecular weight is 473 g/mol. The van der Waals surface area contributed by atoms with Crippen LogP contribution in [0.2, 0.25) is 10.0 Å². The van der Waals surface area contributed by atoms with Gasteiger partial charge in [0.1, 0.15) is 0 Å². The van der Waals surface area contributed by atoms with Crippen LogP contribution in [0.25, 0.3) is 0 Å². The van der Waals surface area contributed by atoms with Gasteiger partial charge < -0.3 is 16.0 Å². The molecule has 0 saturated carbocycles. The number of halogens is 3. The van der Waals surface area contributed by atoms with E-state index in [9.17, 15) is 4.79 Å². The molecule has 0 spiro atoms. The van der Waals surface area contributed by atoms with Gasteiger partial charge in [0, 0.05) is 23.1 Å². The first kappa shape index (κ1) is 22.3. The highest BCUT2D eigenvalue weighted by atomic mass is 127. The van der Waals surface area contributed by atoms with E-state index in [1.54, 1.807) is 12.1 Å². The first-order chi connectivity index (χ1) is 10.6. The first-order valence-corrected chi connectivity index (χ1v) is 8.05. The molecule has 0 saturated heterocycles. The van der Waals surface area contributed by atoms with Gasteiger partial charge in [-0.2, -0.15) is 0 Å². The molecule has 0 aliphatic rings. The number of nitrogens with zero attached hydrogens (tertiary/aromatic N) is 1. The number of rotatable bonds is 7. The summed E-state index contributed by atoms with van der Waals surface area (Å²) < 4.78 is 0. The van der Waals surface area contributed by atoms with Crippen LogP contribution in [0.15, 0.2) is 23.2 Å². The van der Waals surface area contributed by atoms with Crippen LogP contribution in [0.4, 0.5) is 0 Å². The van der Waals surface area contributed by atoms with Crippen molar-refractivity contribution in [3.05, 3.63) is 33.8 Å². The summed E-state index contributed by atoms with van der Waals surface area (Å²) in [6.07, 6.45) is 0.912. The summed E-state index contributed by atoms with van der Waals surface area (Å²) in [7, 11) is 0. The van der Waals surface area contributed by atoms with Gasteiger partial charge in [0.15, 0.2) is 5.96 Å². The van der Waals surface area contributed by atoms with Crippen LogP contribution < -0.4 is 16.0 Å². The lowest BCUT2D eigenvalue weighted by Crippen LogP contribution is -2.43. The van der Waals surface area contributed by atoms with Gasteiger partial charge >= 0.3 is 0 Å². The second kappa shape index (κ2) is 12.7. The molecule has 3 N–H and O–H groups in total. The molecule has 0 bridgehead atoms. The lowest BCUT2D eigenvalue weighted by atomic mass is 10.2. The maximum absolute atomic E-state index is 11.6. The number of guanidine groups is 1. The largest absolute Gasteiger partial charge is 0.357 e. The number of carbonyl (C=O) groups excluding carboxylic acids is 1. The van der Waals surface area contributed by atoms with Crippen LogP contribution in [0.1, 0.15) is 25.8 Å². The number of amides is 1. The molecule has 130 valence electrons. The lowest BCUT2D eigenvalue weighted by Gasteiger charge is -2.11. The Morgan fingerprint density at radius 1 is 1.17 bits per heavy atom. The maximum Gasteiger partial charge on any atom is 0.239 e. The monoisotopic (exact) mass is 472 g/mol. The van der Waals surface area contributed by atoms with E-state index >= 15 is 0 Å². The Kier molecular flexibility index (Phi) is 12.3. The molecule has 0 heterocycles. The fourth-order valence-corrected chi connectivity index (χ4v) is 2.12. The molecule has 0 atom stereocenters. The zero-order chi connectivity index (χ0) is 16.4. The van der Waals surface area contributed by atoms with Crippen molar-refractivity contribution in [2.75, 3.05) is 19.6 Å². The highest BCUT2D eigenvalue weighted by Crippen LogP contribution is 2.21. The molecule has 23 heavy (non-hydrogen) atoms. The Morgan fingerprint density at radius 2 is 1.91 bits per heavy atom. The molecule has 0 unspecified atom stereocenters. The molecule has 0 fully saturated rings. The van der Waals surface area contributed by atoms with Gasteiger partial charge in [-0.15, -0.1) is 24.0 Å². The number of hydrogen-bond acceptors (Lipinski definition) is 2. The zero-order valence-electron chi connectivity index (χ0n) is 13.3. The summed E-state index contributed by atoms with van der Waals surface area (Å²) >= 11 is 12.0. The van der Waals surface area contributed by atoms with Crippen molar-refractivity contribution in [3.8, 4) is 0 Å². The minimum atomic E-state index is -0.0584. The summed E-state index contributed by atoms with van der Waals surface area (Å²) in [5.74, 6) is 0.511. The Bertz CT molecular complexity index is 526. The Balaban J connectivity index is 0.00000484. The van der Waals surface area contributed by atoms with E-state index in [0.29, 0.717) is 35.6 Å². The molecular formula is C15H23Cl2IN4O. The van der Waals surface area contributed by atoms with E-state index in [1.807, 2.05) is 19.9 Å². The minimum absolute atomic E-state index is 0. The Morgan fingerprint density at radius 3 is 2.52 bits per heavy atom. The van der Waals surface area contributed by atoms with Crippen LogP contribution in [-0.2, 0) is 11.3 Å². The van der Waals surface area contributed by atoms with Crippen LogP contribution in [0.5, 0.6) is 0 Å². The van der Waals surface area contributed by atoms with E-state index < -0.39 is 0 Å². The smallest absolute Gasteiger partial charge is 0.239 e. The van der Waals surface area contributed by atoms with Crippen LogP contribution in [-0.4, -0.2) is 31.5 Å². The van der Waals surface area contributed by atoms with Gasteiger partial charge in [-0.3, -0.25) is 4.79 Å². The van der Waals surface area contributed by atoms with Gasteiger partial charge in [-0.05, 0) is 31.0 Å². The van der Waals surface area contributed by atoms with Crippen LogP contribution in [0, 0.1) is 0 Å². The van der Waals surface area contributed by atoms with E-state index in [1.165, 1.54) is 0 Å². The van der Waals surface area contributed by atoms with Crippen LogP contribution >= 0.6 is 47.2 Å². The Hall–Kier alpha value is -0.730. The fourth-order valence-electron chi connectivity index (χ4n) is 1.65. The van der Waals surface area contributed by atoms with Crippen molar-refractivity contribution in [3.63, 3.8) is 0 Å². The molecule has 0 radical (unpaired) electrons. The molecule has 1 amide bonds. The van der Waals surface area contributed by atoms with Gasteiger partial charge in [0.2, 0.25) is 5.91 Å². The zero-order valence-corrected chi connectivity index (χ0v) is 17.1. The van der Waals surface area contributed by atoms with Gasteiger partial charge in [0.05, 0.1) is 13.1 Å². The summed E-state index contributed by atoms with van der Waals surface area (Å²) in [5, 5.41) is 10.0. The van der Waals surface area contributed by atoms with Crippen molar-refractivity contribution in [2.45, 2.75) is 26.8 Å². The third kappa shape index (κ3) is 9.22. The SMILES string of the molecule is CCCNC(=O)CNC(=NCc1ccc(Cl)cc1Cl)NCC.I. The summed E-state index contributed by atoms with van der Waals surface area (Å²) in [6, 6.07) is 5.30.